The largest absolute Gasteiger partial charge is 0.396 e. The Morgan fingerprint density at radius 1 is 1.17 bits per heavy atom. The van der Waals surface area contributed by atoms with Gasteiger partial charge in [0.15, 0.2) is 0 Å². The van der Waals surface area contributed by atoms with Gasteiger partial charge in [-0.25, -0.2) is 0 Å². The van der Waals surface area contributed by atoms with Crippen LogP contribution in [0.25, 0.3) is 0 Å². The minimum absolute atomic E-state index is 0.308. The molecule has 0 aromatic carbocycles. The van der Waals surface area contributed by atoms with Gasteiger partial charge in [-0.1, -0.05) is 27.7 Å². The van der Waals surface area contributed by atoms with Crippen molar-refractivity contribution in [2.24, 2.45) is 17.3 Å². The number of aliphatic hydroxyl groups excluding tert-OH is 1. The molecule has 108 valence electrons. The van der Waals surface area contributed by atoms with Crippen LogP contribution in [0.2, 0.25) is 0 Å². The van der Waals surface area contributed by atoms with E-state index in [1.807, 2.05) is 0 Å². The first kappa shape index (κ1) is 16.0. The Kier molecular flexibility index (Phi) is 6.65. The third-order valence-corrected chi connectivity index (χ3v) is 4.74. The van der Waals surface area contributed by atoms with Crippen LogP contribution in [-0.2, 0) is 0 Å². The molecular formula is C16H33NO. The molecule has 1 fully saturated rings. The number of nitrogens with one attached hydrogen (secondary N) is 1. The predicted molar refractivity (Wildman–Crippen MR) is 78.7 cm³/mol. The van der Waals surface area contributed by atoms with Crippen molar-refractivity contribution in [3.05, 3.63) is 0 Å². The Hall–Kier alpha value is -0.0800. The van der Waals surface area contributed by atoms with E-state index in [-0.39, 0.29) is 0 Å². The first-order valence-electron chi connectivity index (χ1n) is 7.81. The Bertz CT molecular complexity index is 214. The normalized spacial score (nSPS) is 27.2. The predicted octanol–water partition coefficient (Wildman–Crippen LogP) is 3.59. The van der Waals surface area contributed by atoms with Crippen LogP contribution < -0.4 is 5.32 Å². The van der Waals surface area contributed by atoms with Crippen LogP contribution in [0.4, 0.5) is 0 Å². The average Bonchev–Trinajstić information content (AvgIpc) is 2.34. The summed E-state index contributed by atoms with van der Waals surface area (Å²) < 4.78 is 0. The van der Waals surface area contributed by atoms with Gasteiger partial charge in [0.2, 0.25) is 0 Å². The SMILES string of the molecule is CCC(CCO)NCC1CCC(C(C)(C)C)CC1. The molecular weight excluding hydrogens is 222 g/mol. The Morgan fingerprint density at radius 3 is 2.22 bits per heavy atom. The second-order valence-electron chi connectivity index (χ2n) is 7.11. The molecule has 2 N–H and O–H groups in total. The van der Waals surface area contributed by atoms with E-state index in [0.29, 0.717) is 18.1 Å². The summed E-state index contributed by atoms with van der Waals surface area (Å²) >= 11 is 0. The monoisotopic (exact) mass is 255 g/mol. The van der Waals surface area contributed by atoms with E-state index in [4.69, 9.17) is 5.11 Å². The fourth-order valence-electron chi connectivity index (χ4n) is 3.17. The van der Waals surface area contributed by atoms with Crippen molar-refractivity contribution in [1.82, 2.24) is 5.32 Å². The highest BCUT2D eigenvalue weighted by Gasteiger charge is 2.29. The summed E-state index contributed by atoms with van der Waals surface area (Å²) in [6.07, 6.45) is 7.57. The maximum atomic E-state index is 8.99. The maximum absolute atomic E-state index is 8.99. The van der Waals surface area contributed by atoms with Crippen LogP contribution in [0, 0.1) is 17.3 Å². The Labute approximate surface area is 114 Å². The summed E-state index contributed by atoms with van der Waals surface area (Å²) in [5.74, 6) is 1.77. The summed E-state index contributed by atoms with van der Waals surface area (Å²) in [7, 11) is 0. The van der Waals surface area contributed by atoms with Gasteiger partial charge in [-0.2, -0.15) is 0 Å². The molecule has 1 saturated carbocycles. The first-order chi connectivity index (χ1) is 8.47. The highest BCUT2D eigenvalue weighted by Crippen LogP contribution is 2.39. The van der Waals surface area contributed by atoms with Crippen molar-refractivity contribution in [2.75, 3.05) is 13.2 Å². The third kappa shape index (κ3) is 5.27. The van der Waals surface area contributed by atoms with E-state index in [1.54, 1.807) is 0 Å². The highest BCUT2D eigenvalue weighted by molar-refractivity contribution is 4.81. The zero-order valence-electron chi connectivity index (χ0n) is 12.8. The molecule has 18 heavy (non-hydrogen) atoms. The molecule has 1 aliphatic carbocycles. The fraction of sp³-hybridized carbons (Fsp3) is 1.00. The lowest BCUT2D eigenvalue weighted by atomic mass is 9.70. The van der Waals surface area contributed by atoms with Crippen LogP contribution >= 0.6 is 0 Å². The molecule has 0 amide bonds. The molecule has 0 aromatic heterocycles. The number of rotatable bonds is 6. The molecule has 0 aromatic rings. The van der Waals surface area contributed by atoms with E-state index < -0.39 is 0 Å². The summed E-state index contributed by atoms with van der Waals surface area (Å²) in [5.41, 5.74) is 0.487. The summed E-state index contributed by atoms with van der Waals surface area (Å²) in [4.78, 5) is 0. The summed E-state index contributed by atoms with van der Waals surface area (Å²) in [6, 6.07) is 0.510. The van der Waals surface area contributed by atoms with Gasteiger partial charge in [-0.15, -0.1) is 0 Å². The molecule has 0 heterocycles. The first-order valence-corrected chi connectivity index (χ1v) is 7.81. The van der Waals surface area contributed by atoms with Gasteiger partial charge < -0.3 is 10.4 Å². The number of hydrogen-bond donors (Lipinski definition) is 2. The van der Waals surface area contributed by atoms with Crippen molar-refractivity contribution in [2.45, 2.75) is 72.3 Å². The van der Waals surface area contributed by atoms with Gasteiger partial charge >= 0.3 is 0 Å². The molecule has 1 unspecified atom stereocenters. The van der Waals surface area contributed by atoms with E-state index in [9.17, 15) is 0 Å². The van der Waals surface area contributed by atoms with E-state index in [1.165, 1.54) is 25.7 Å². The van der Waals surface area contributed by atoms with Gasteiger partial charge in [0.05, 0.1) is 0 Å². The molecule has 0 spiro atoms. The summed E-state index contributed by atoms with van der Waals surface area (Å²) in [6.45, 7) is 10.8. The second-order valence-corrected chi connectivity index (χ2v) is 7.11. The standard InChI is InChI=1S/C16H33NO/c1-5-15(10-11-18)17-12-13-6-8-14(9-7-13)16(2,3)4/h13-15,17-18H,5-12H2,1-4H3. The van der Waals surface area contributed by atoms with Crippen molar-refractivity contribution in [3.8, 4) is 0 Å². The quantitative estimate of drug-likeness (QED) is 0.760. The molecule has 0 aliphatic heterocycles. The number of hydrogen-bond acceptors (Lipinski definition) is 2. The van der Waals surface area contributed by atoms with Gasteiger partial charge in [-0.05, 0) is 62.3 Å². The highest BCUT2D eigenvalue weighted by atomic mass is 16.3. The van der Waals surface area contributed by atoms with E-state index in [2.05, 4.69) is 33.0 Å². The second kappa shape index (κ2) is 7.49. The molecule has 1 aliphatic rings. The third-order valence-electron chi connectivity index (χ3n) is 4.74. The Morgan fingerprint density at radius 2 is 1.78 bits per heavy atom. The van der Waals surface area contributed by atoms with Crippen LogP contribution in [0.1, 0.15) is 66.2 Å². The van der Waals surface area contributed by atoms with Crippen LogP contribution in [0.3, 0.4) is 0 Å². The zero-order valence-corrected chi connectivity index (χ0v) is 12.8. The average molecular weight is 255 g/mol. The molecule has 1 atom stereocenters. The lowest BCUT2D eigenvalue weighted by Gasteiger charge is -2.37. The molecule has 0 bridgehead atoms. The molecule has 2 nitrogen and oxygen atoms in total. The van der Waals surface area contributed by atoms with Crippen LogP contribution in [0.15, 0.2) is 0 Å². The Balaban J connectivity index is 2.23. The zero-order chi connectivity index (χ0) is 13.6. The smallest absolute Gasteiger partial charge is 0.0445 e. The lowest BCUT2D eigenvalue weighted by molar-refractivity contribution is 0.146. The fourth-order valence-corrected chi connectivity index (χ4v) is 3.17. The van der Waals surface area contributed by atoms with Gasteiger partial charge in [0.1, 0.15) is 0 Å². The minimum Gasteiger partial charge on any atom is -0.396 e. The number of aliphatic hydroxyl groups is 1. The molecule has 0 saturated heterocycles. The van der Waals surface area contributed by atoms with E-state index in [0.717, 1.165) is 31.2 Å². The molecule has 2 heteroatoms. The van der Waals surface area contributed by atoms with Gasteiger partial charge in [-0.3, -0.25) is 0 Å². The minimum atomic E-state index is 0.308. The van der Waals surface area contributed by atoms with Gasteiger partial charge in [0, 0.05) is 12.6 Å². The van der Waals surface area contributed by atoms with Crippen molar-refractivity contribution in [1.29, 1.82) is 0 Å². The van der Waals surface area contributed by atoms with E-state index >= 15 is 0 Å². The van der Waals surface area contributed by atoms with Crippen molar-refractivity contribution < 1.29 is 5.11 Å². The topological polar surface area (TPSA) is 32.3 Å². The summed E-state index contributed by atoms with van der Waals surface area (Å²) in [5, 5.41) is 12.6. The van der Waals surface area contributed by atoms with Crippen LogP contribution in [-0.4, -0.2) is 24.3 Å². The van der Waals surface area contributed by atoms with Gasteiger partial charge in [0.25, 0.3) is 0 Å². The van der Waals surface area contributed by atoms with Crippen molar-refractivity contribution in [3.63, 3.8) is 0 Å². The van der Waals surface area contributed by atoms with Crippen molar-refractivity contribution >= 4 is 0 Å². The lowest BCUT2D eigenvalue weighted by Crippen LogP contribution is -2.36. The molecule has 0 radical (unpaired) electrons. The molecule has 1 rings (SSSR count). The van der Waals surface area contributed by atoms with Crippen LogP contribution in [0.5, 0.6) is 0 Å². The maximum Gasteiger partial charge on any atom is 0.0445 e.